The van der Waals surface area contributed by atoms with Gasteiger partial charge in [-0.2, -0.15) is 0 Å². The smallest absolute Gasteiger partial charge is 0.306 e. The molecule has 10 heteroatoms. The lowest BCUT2D eigenvalue weighted by Gasteiger charge is -2.26. The number of carboxylic acid groups (broad SMARTS) is 1. The lowest BCUT2D eigenvalue weighted by atomic mass is 9.82. The van der Waals surface area contributed by atoms with Crippen LogP contribution in [0.2, 0.25) is 10.3 Å². The van der Waals surface area contributed by atoms with Crippen molar-refractivity contribution < 1.29 is 24.2 Å². The quantitative estimate of drug-likeness (QED) is 0.452. The summed E-state index contributed by atoms with van der Waals surface area (Å²) in [5.41, 5.74) is -0.230. The Morgan fingerprint density at radius 2 is 1.86 bits per heavy atom. The number of hydrogen-bond acceptors (Lipinski definition) is 5. The van der Waals surface area contributed by atoms with Crippen LogP contribution in [0.1, 0.15) is 55.7 Å². The van der Waals surface area contributed by atoms with Crippen LogP contribution in [-0.2, 0) is 16.1 Å². The molecule has 8 nitrogen and oxygen atoms in total. The predicted molar refractivity (Wildman–Crippen MR) is 138 cm³/mol. The van der Waals surface area contributed by atoms with Crippen LogP contribution in [0.4, 0.5) is 0 Å². The fourth-order valence-electron chi connectivity index (χ4n) is 3.93. The number of hydrogen-bond donors (Lipinski definition) is 2. The monoisotopic (exact) mass is 535 g/mol. The predicted octanol–water partition coefficient (Wildman–Crippen LogP) is 4.67. The summed E-state index contributed by atoms with van der Waals surface area (Å²) in [6, 6.07) is 6.98. The summed E-state index contributed by atoms with van der Waals surface area (Å²) in [7, 11) is 1.56. The van der Waals surface area contributed by atoms with Crippen molar-refractivity contribution >= 4 is 35.1 Å². The highest BCUT2D eigenvalue weighted by molar-refractivity contribution is 6.30. The van der Waals surface area contributed by atoms with E-state index in [-0.39, 0.29) is 47.6 Å². The maximum absolute atomic E-state index is 13.3. The van der Waals surface area contributed by atoms with Gasteiger partial charge in [0.05, 0.1) is 12.5 Å². The van der Waals surface area contributed by atoms with Crippen LogP contribution in [0.3, 0.4) is 0 Å². The molecule has 1 aromatic heterocycles. The van der Waals surface area contributed by atoms with Crippen molar-refractivity contribution in [2.24, 2.45) is 11.8 Å². The maximum atomic E-state index is 13.3. The van der Waals surface area contributed by atoms with Crippen LogP contribution >= 0.6 is 23.2 Å². The molecule has 0 saturated heterocycles. The topological polar surface area (TPSA) is 103 Å². The number of imidazole rings is 1. The van der Waals surface area contributed by atoms with Gasteiger partial charge in [-0.15, -0.1) is 0 Å². The van der Waals surface area contributed by atoms with E-state index >= 15 is 0 Å². The third-order valence-corrected chi connectivity index (χ3v) is 6.81. The Morgan fingerprint density at radius 1 is 1.19 bits per heavy atom. The number of ether oxygens (including phenoxy) is 2. The molecule has 1 saturated carbocycles. The molecule has 1 fully saturated rings. The third-order valence-electron chi connectivity index (χ3n) is 6.27. The summed E-state index contributed by atoms with van der Waals surface area (Å²) in [5, 5.41) is 12.9. The van der Waals surface area contributed by atoms with Crippen LogP contribution in [0.5, 0.6) is 5.75 Å². The minimum absolute atomic E-state index is 0.126. The number of carboxylic acids is 1. The number of carbonyl (C=O) groups is 2. The first-order valence-corrected chi connectivity index (χ1v) is 12.6. The molecule has 1 amide bonds. The zero-order chi connectivity index (χ0) is 26.3. The third kappa shape index (κ3) is 7.63. The molecule has 0 unspecified atom stereocenters. The number of rotatable bonds is 9. The molecule has 0 atom stereocenters. The molecule has 0 spiro atoms. The molecule has 36 heavy (non-hydrogen) atoms. The summed E-state index contributed by atoms with van der Waals surface area (Å²) in [4.78, 5) is 28.8. The second kappa shape index (κ2) is 12.5. The number of carbonyl (C=O) groups excluding carboxylic acids is 1. The van der Waals surface area contributed by atoms with E-state index in [0.29, 0.717) is 30.2 Å². The minimum Gasteiger partial charge on any atom is -0.492 e. The first-order valence-electron chi connectivity index (χ1n) is 11.8. The second-order valence-electron chi connectivity index (χ2n) is 9.26. The highest BCUT2D eigenvalue weighted by Crippen LogP contribution is 2.28. The number of methoxy groups -OCH3 is 1. The van der Waals surface area contributed by atoms with Gasteiger partial charge in [-0.1, -0.05) is 17.5 Å². The molecule has 194 valence electrons. The summed E-state index contributed by atoms with van der Waals surface area (Å²) < 4.78 is 12.7. The summed E-state index contributed by atoms with van der Waals surface area (Å²) >= 11 is 12.3. The summed E-state index contributed by atoms with van der Waals surface area (Å²) in [5.74, 6) is 5.38. The van der Waals surface area contributed by atoms with E-state index in [0.717, 1.165) is 12.8 Å². The summed E-state index contributed by atoms with van der Waals surface area (Å²) in [6.07, 6.45) is 2.73. The van der Waals surface area contributed by atoms with Gasteiger partial charge in [0.2, 0.25) is 5.28 Å². The van der Waals surface area contributed by atoms with E-state index in [1.807, 2.05) is 13.8 Å². The molecule has 2 N–H and O–H groups in total. The van der Waals surface area contributed by atoms with Crippen molar-refractivity contribution in [2.45, 2.75) is 51.7 Å². The van der Waals surface area contributed by atoms with Crippen molar-refractivity contribution in [1.29, 1.82) is 0 Å². The number of nitrogens with zero attached hydrogens (tertiary/aromatic N) is 2. The average molecular weight is 536 g/mol. The van der Waals surface area contributed by atoms with E-state index in [1.165, 1.54) is 0 Å². The normalized spacial score (nSPS) is 17.7. The number of amides is 1. The minimum atomic E-state index is -0.751. The van der Waals surface area contributed by atoms with Gasteiger partial charge >= 0.3 is 5.97 Å². The van der Waals surface area contributed by atoms with Gasteiger partial charge in [0, 0.05) is 18.7 Å². The number of halogens is 2. The van der Waals surface area contributed by atoms with Gasteiger partial charge in [-0.25, -0.2) is 4.98 Å². The molecule has 2 aromatic rings. The zero-order valence-corrected chi connectivity index (χ0v) is 22.2. The van der Waals surface area contributed by atoms with Gasteiger partial charge in [0.1, 0.15) is 29.3 Å². The number of benzene rings is 1. The Labute approximate surface area is 221 Å². The lowest BCUT2D eigenvalue weighted by molar-refractivity contribution is -0.143. The SMILES string of the molecule is COC(C)(C)C#Cc1nc(Cl)n(CCOc2ccc(Cl)cc2)c1C(=O)NCC1CCC(C(=O)O)CC1. The molecule has 1 aliphatic rings. The lowest BCUT2D eigenvalue weighted by Crippen LogP contribution is -2.34. The van der Waals surface area contributed by atoms with Crippen LogP contribution in [0.25, 0.3) is 0 Å². The Kier molecular flexibility index (Phi) is 9.66. The van der Waals surface area contributed by atoms with Gasteiger partial charge in [0.15, 0.2) is 0 Å². The Bertz CT molecular complexity index is 1130. The van der Waals surface area contributed by atoms with Crippen LogP contribution in [0, 0.1) is 23.7 Å². The average Bonchev–Trinajstić information content (AvgIpc) is 3.18. The van der Waals surface area contributed by atoms with Crippen LogP contribution in [-0.4, -0.2) is 52.4 Å². The molecule has 0 aliphatic heterocycles. The molecule has 0 bridgehead atoms. The highest BCUT2D eigenvalue weighted by atomic mass is 35.5. The molecule has 1 aliphatic carbocycles. The Balaban J connectivity index is 1.75. The molecular formula is C26H31Cl2N3O5. The van der Waals surface area contributed by atoms with Gasteiger partial charge < -0.3 is 24.5 Å². The second-order valence-corrected chi connectivity index (χ2v) is 10.0. The number of aromatic nitrogens is 2. The molecule has 3 rings (SSSR count). The Hall–Kier alpha value is -2.73. The molecule has 1 heterocycles. The van der Waals surface area contributed by atoms with E-state index < -0.39 is 11.6 Å². The van der Waals surface area contributed by atoms with E-state index in [9.17, 15) is 14.7 Å². The highest BCUT2D eigenvalue weighted by Gasteiger charge is 2.27. The van der Waals surface area contributed by atoms with Crippen molar-refractivity contribution in [3.05, 3.63) is 46.0 Å². The van der Waals surface area contributed by atoms with Gasteiger partial charge in [-0.3, -0.25) is 9.59 Å². The van der Waals surface area contributed by atoms with E-state index in [1.54, 1.807) is 35.9 Å². The number of nitrogens with one attached hydrogen (secondary N) is 1. The maximum Gasteiger partial charge on any atom is 0.306 e. The van der Waals surface area contributed by atoms with Crippen LogP contribution in [0.15, 0.2) is 24.3 Å². The first kappa shape index (κ1) is 27.9. The van der Waals surface area contributed by atoms with Gasteiger partial charge in [0.25, 0.3) is 5.91 Å². The summed E-state index contributed by atoms with van der Waals surface area (Å²) in [6.45, 7) is 4.58. The Morgan fingerprint density at radius 3 is 2.47 bits per heavy atom. The van der Waals surface area contributed by atoms with Crippen molar-refractivity contribution in [2.75, 3.05) is 20.3 Å². The van der Waals surface area contributed by atoms with Crippen molar-refractivity contribution in [3.8, 4) is 17.6 Å². The van der Waals surface area contributed by atoms with Gasteiger partial charge in [-0.05, 0) is 87.2 Å². The zero-order valence-electron chi connectivity index (χ0n) is 20.6. The molecule has 0 radical (unpaired) electrons. The van der Waals surface area contributed by atoms with Crippen molar-refractivity contribution in [1.82, 2.24) is 14.9 Å². The van der Waals surface area contributed by atoms with E-state index in [2.05, 4.69) is 22.1 Å². The largest absolute Gasteiger partial charge is 0.492 e. The molecule has 1 aromatic carbocycles. The fraction of sp³-hybridized carbons (Fsp3) is 0.500. The fourth-order valence-corrected chi connectivity index (χ4v) is 4.31. The van der Waals surface area contributed by atoms with Crippen LogP contribution < -0.4 is 10.1 Å². The molecular weight excluding hydrogens is 505 g/mol. The number of aliphatic carboxylic acids is 1. The van der Waals surface area contributed by atoms with Crippen molar-refractivity contribution in [3.63, 3.8) is 0 Å². The standard InChI is InChI=1S/C26H31Cl2N3O5/c1-26(2,35-3)13-12-21-22(23(32)29-16-17-4-6-18(7-5-17)24(33)34)31(25(28)30-21)14-15-36-20-10-8-19(27)9-11-20/h8-11,17-18H,4-7,14-16H2,1-3H3,(H,29,32)(H,33,34). The first-order chi connectivity index (χ1) is 17.1. The van der Waals surface area contributed by atoms with E-state index in [4.69, 9.17) is 32.7 Å².